The fourth-order valence-electron chi connectivity index (χ4n) is 1.16. The van der Waals surface area contributed by atoms with E-state index in [0.29, 0.717) is 17.1 Å². The molecule has 1 radical (unpaired) electrons. The smallest absolute Gasteiger partial charge is 0.211 e. The van der Waals surface area contributed by atoms with Crippen molar-refractivity contribution in [1.82, 2.24) is 0 Å². The summed E-state index contributed by atoms with van der Waals surface area (Å²) in [7, 11) is 6.03. The highest BCUT2D eigenvalue weighted by Gasteiger charge is 2.11. The Balaban J connectivity index is 3.03. The van der Waals surface area contributed by atoms with E-state index in [2.05, 4.69) is 17.1 Å². The largest absolute Gasteiger partial charge is 0.497 e. The van der Waals surface area contributed by atoms with Crippen molar-refractivity contribution in [3.8, 4) is 11.5 Å². The number of nitrogens with zero attached hydrogens (tertiary/aromatic N) is 1. The SMILES string of the molecule is [CH2]O/N=C/C(=O)c1ccc(OC)cc1OC. The molecule has 0 aliphatic rings. The van der Waals surface area contributed by atoms with Crippen LogP contribution in [0.3, 0.4) is 0 Å². The molecule has 0 saturated carbocycles. The molecule has 5 heteroatoms. The summed E-state index contributed by atoms with van der Waals surface area (Å²) in [5, 5.41) is 3.29. The Morgan fingerprint density at radius 1 is 1.38 bits per heavy atom. The number of methoxy groups -OCH3 is 2. The Morgan fingerprint density at radius 2 is 2.12 bits per heavy atom. The molecule has 1 aromatic carbocycles. The first-order valence-electron chi connectivity index (χ1n) is 4.44. The second-order valence-corrected chi connectivity index (χ2v) is 2.79. The van der Waals surface area contributed by atoms with E-state index in [1.54, 1.807) is 18.2 Å². The minimum atomic E-state index is -0.330. The second kappa shape index (κ2) is 5.75. The van der Waals surface area contributed by atoms with Crippen LogP contribution in [-0.2, 0) is 4.84 Å². The van der Waals surface area contributed by atoms with Crippen LogP contribution in [0.15, 0.2) is 23.4 Å². The Morgan fingerprint density at radius 3 is 2.69 bits per heavy atom. The predicted octanol–water partition coefficient (Wildman–Crippen LogP) is 1.68. The van der Waals surface area contributed by atoms with Crippen LogP contribution in [0.4, 0.5) is 0 Å². The van der Waals surface area contributed by atoms with Gasteiger partial charge in [0.2, 0.25) is 5.78 Å². The fourth-order valence-corrected chi connectivity index (χ4v) is 1.16. The first-order chi connectivity index (χ1) is 7.72. The third kappa shape index (κ3) is 2.73. The number of rotatable bonds is 5. The Bertz CT molecular complexity index is 401. The number of benzene rings is 1. The van der Waals surface area contributed by atoms with E-state index >= 15 is 0 Å². The minimum absolute atomic E-state index is 0.330. The van der Waals surface area contributed by atoms with Crippen molar-refractivity contribution >= 4 is 12.0 Å². The number of ketones is 1. The molecule has 0 heterocycles. The normalized spacial score (nSPS) is 10.2. The maximum atomic E-state index is 11.6. The average Bonchev–Trinajstić information content (AvgIpc) is 2.34. The lowest BCUT2D eigenvalue weighted by molar-refractivity contribution is 0.106. The van der Waals surface area contributed by atoms with E-state index in [1.807, 2.05) is 0 Å². The summed E-state index contributed by atoms with van der Waals surface area (Å²) in [6.07, 6.45) is 1.03. The van der Waals surface area contributed by atoms with E-state index in [0.717, 1.165) is 6.21 Å². The number of hydrogen-bond donors (Lipinski definition) is 0. The van der Waals surface area contributed by atoms with E-state index < -0.39 is 0 Å². The maximum Gasteiger partial charge on any atom is 0.211 e. The molecule has 0 N–H and O–H groups in total. The highest BCUT2D eigenvalue weighted by molar-refractivity contribution is 6.36. The van der Waals surface area contributed by atoms with E-state index in [9.17, 15) is 4.79 Å². The molecule has 0 atom stereocenters. The van der Waals surface area contributed by atoms with Crippen molar-refractivity contribution in [2.24, 2.45) is 5.16 Å². The van der Waals surface area contributed by atoms with Gasteiger partial charge in [0.15, 0.2) is 7.11 Å². The number of ether oxygens (including phenoxy) is 2. The zero-order valence-corrected chi connectivity index (χ0v) is 9.10. The minimum Gasteiger partial charge on any atom is -0.497 e. The lowest BCUT2D eigenvalue weighted by Crippen LogP contribution is -2.03. The molecule has 0 saturated heterocycles. The third-order valence-corrected chi connectivity index (χ3v) is 1.92. The van der Waals surface area contributed by atoms with Crippen molar-refractivity contribution in [2.45, 2.75) is 0 Å². The Labute approximate surface area is 93.6 Å². The van der Waals surface area contributed by atoms with Crippen LogP contribution in [0, 0.1) is 7.11 Å². The van der Waals surface area contributed by atoms with Crippen LogP contribution >= 0.6 is 0 Å². The van der Waals surface area contributed by atoms with Crippen molar-refractivity contribution in [3.05, 3.63) is 30.9 Å². The first kappa shape index (κ1) is 12.0. The molecule has 1 rings (SSSR count). The van der Waals surface area contributed by atoms with Gasteiger partial charge in [0.1, 0.15) is 17.7 Å². The van der Waals surface area contributed by atoms with E-state index in [4.69, 9.17) is 9.47 Å². The van der Waals surface area contributed by atoms with Gasteiger partial charge in [-0.05, 0) is 12.1 Å². The van der Waals surface area contributed by atoms with Gasteiger partial charge in [0.25, 0.3) is 0 Å². The average molecular weight is 222 g/mol. The van der Waals surface area contributed by atoms with Crippen molar-refractivity contribution in [1.29, 1.82) is 0 Å². The molecular weight excluding hydrogens is 210 g/mol. The molecule has 0 fully saturated rings. The first-order valence-corrected chi connectivity index (χ1v) is 4.44. The van der Waals surface area contributed by atoms with Crippen LogP contribution in [0.1, 0.15) is 10.4 Å². The molecule has 5 nitrogen and oxygen atoms in total. The van der Waals surface area contributed by atoms with Crippen LogP contribution < -0.4 is 9.47 Å². The number of carbonyl (C=O) groups is 1. The number of hydrogen-bond acceptors (Lipinski definition) is 5. The van der Waals surface area contributed by atoms with Crippen LogP contribution in [0.2, 0.25) is 0 Å². The summed E-state index contributed by atoms with van der Waals surface area (Å²) in [6, 6.07) is 4.87. The van der Waals surface area contributed by atoms with Gasteiger partial charge in [0, 0.05) is 6.07 Å². The van der Waals surface area contributed by atoms with Gasteiger partial charge in [-0.2, -0.15) is 0 Å². The predicted molar refractivity (Wildman–Crippen MR) is 58.8 cm³/mol. The van der Waals surface area contributed by atoms with E-state index in [1.165, 1.54) is 14.2 Å². The lowest BCUT2D eigenvalue weighted by Gasteiger charge is -2.07. The summed E-state index contributed by atoms with van der Waals surface area (Å²) in [5.41, 5.74) is 0.379. The number of Topliss-reactive ketones (excluding diaryl/α,β-unsaturated/α-hetero) is 1. The van der Waals surface area contributed by atoms with Gasteiger partial charge in [-0.1, -0.05) is 5.16 Å². The Hall–Kier alpha value is -2.04. The van der Waals surface area contributed by atoms with Gasteiger partial charge < -0.3 is 14.3 Å². The van der Waals surface area contributed by atoms with Crippen LogP contribution in [0.25, 0.3) is 0 Å². The maximum absolute atomic E-state index is 11.6. The zero-order valence-electron chi connectivity index (χ0n) is 9.10. The molecular formula is C11H12NO4. The Kier molecular flexibility index (Phi) is 4.32. The summed E-state index contributed by atoms with van der Waals surface area (Å²) >= 11 is 0. The molecule has 0 unspecified atom stereocenters. The summed E-state index contributed by atoms with van der Waals surface area (Å²) in [6.45, 7) is 0. The second-order valence-electron chi connectivity index (χ2n) is 2.79. The number of carbonyl (C=O) groups excluding carboxylic acids is 1. The van der Waals surface area contributed by atoms with Crippen LogP contribution in [-0.4, -0.2) is 26.2 Å². The van der Waals surface area contributed by atoms with Gasteiger partial charge in [0.05, 0.1) is 19.8 Å². The van der Waals surface area contributed by atoms with Crippen molar-refractivity contribution in [3.63, 3.8) is 0 Å². The highest BCUT2D eigenvalue weighted by atomic mass is 16.6. The molecule has 0 spiro atoms. The van der Waals surface area contributed by atoms with Crippen molar-refractivity contribution in [2.75, 3.05) is 14.2 Å². The molecule has 1 aromatic rings. The van der Waals surface area contributed by atoms with Gasteiger partial charge >= 0.3 is 0 Å². The monoisotopic (exact) mass is 222 g/mol. The molecule has 0 bridgehead atoms. The lowest BCUT2D eigenvalue weighted by atomic mass is 10.1. The third-order valence-electron chi connectivity index (χ3n) is 1.92. The molecule has 0 aliphatic heterocycles. The van der Waals surface area contributed by atoms with Crippen LogP contribution in [0.5, 0.6) is 11.5 Å². The van der Waals surface area contributed by atoms with E-state index in [-0.39, 0.29) is 5.78 Å². The highest BCUT2D eigenvalue weighted by Crippen LogP contribution is 2.24. The van der Waals surface area contributed by atoms with Gasteiger partial charge in [-0.15, -0.1) is 0 Å². The van der Waals surface area contributed by atoms with Crippen molar-refractivity contribution < 1.29 is 19.1 Å². The topological polar surface area (TPSA) is 57.1 Å². The molecule has 85 valence electrons. The summed E-state index contributed by atoms with van der Waals surface area (Å²) < 4.78 is 10.1. The van der Waals surface area contributed by atoms with Gasteiger partial charge in [-0.25, -0.2) is 0 Å². The zero-order chi connectivity index (χ0) is 12.0. The molecule has 0 aromatic heterocycles. The molecule has 0 aliphatic carbocycles. The van der Waals surface area contributed by atoms with Gasteiger partial charge in [-0.3, -0.25) is 4.79 Å². The quantitative estimate of drug-likeness (QED) is 0.432. The standard InChI is InChI=1S/C11H12NO4/c1-14-8-4-5-9(11(6-8)15-2)10(13)7-12-16-3/h4-7H,3H2,1-2H3/b12-7+. The summed E-state index contributed by atoms with van der Waals surface area (Å²) in [4.78, 5) is 15.8. The molecule has 0 amide bonds. The molecule has 16 heavy (non-hydrogen) atoms. The number of oxime groups is 1. The fraction of sp³-hybridized carbons (Fsp3) is 0.182. The summed E-state index contributed by atoms with van der Waals surface area (Å²) in [5.74, 6) is 0.696.